The van der Waals surface area contributed by atoms with Crippen LogP contribution in [0.25, 0.3) is 0 Å². The van der Waals surface area contributed by atoms with Gasteiger partial charge in [0.05, 0.1) is 5.69 Å². The van der Waals surface area contributed by atoms with E-state index in [0.717, 1.165) is 12.5 Å². The molecule has 0 aliphatic heterocycles. The van der Waals surface area contributed by atoms with Crippen LogP contribution in [-0.4, -0.2) is 9.55 Å². The molecule has 0 spiro atoms. The number of hydrogen-bond acceptors (Lipinski definition) is 4. The maximum Gasteiger partial charge on any atom is 0.313 e. The van der Waals surface area contributed by atoms with Gasteiger partial charge in [0.25, 0.3) is 5.88 Å². The molecule has 2 aromatic rings. The Morgan fingerprint density at radius 2 is 2.26 bits per heavy atom. The number of aryl methyl sites for hydroxylation is 1. The third kappa shape index (κ3) is 2.90. The molecule has 0 bridgehead atoms. The van der Waals surface area contributed by atoms with E-state index < -0.39 is 5.82 Å². The largest absolute Gasteiger partial charge is 0.432 e. The Morgan fingerprint density at radius 1 is 1.47 bits per heavy atom. The Hall–Kier alpha value is -2.37. The lowest BCUT2D eigenvalue weighted by atomic mass is 10.3. The van der Waals surface area contributed by atoms with Gasteiger partial charge >= 0.3 is 5.56 Å². The van der Waals surface area contributed by atoms with Crippen LogP contribution in [0.3, 0.4) is 0 Å². The van der Waals surface area contributed by atoms with Gasteiger partial charge in [-0.15, -0.1) is 0 Å². The van der Waals surface area contributed by atoms with Crippen molar-refractivity contribution in [3.63, 3.8) is 0 Å². The van der Waals surface area contributed by atoms with Crippen molar-refractivity contribution >= 4 is 5.69 Å². The molecule has 1 heterocycles. The average Bonchev–Trinajstić information content (AvgIpc) is 2.39. The van der Waals surface area contributed by atoms with E-state index >= 15 is 0 Å². The Kier molecular flexibility index (Phi) is 3.79. The number of rotatable bonds is 4. The molecule has 0 atom stereocenters. The monoisotopic (exact) mass is 263 g/mol. The number of aromatic nitrogens is 2. The summed E-state index contributed by atoms with van der Waals surface area (Å²) >= 11 is 0. The van der Waals surface area contributed by atoms with Crippen LogP contribution in [0, 0.1) is 5.82 Å². The fourth-order valence-corrected chi connectivity index (χ4v) is 1.62. The highest BCUT2D eigenvalue weighted by Crippen LogP contribution is 2.25. The van der Waals surface area contributed by atoms with Crippen LogP contribution < -0.4 is 16.0 Å². The van der Waals surface area contributed by atoms with Crippen LogP contribution >= 0.6 is 0 Å². The van der Waals surface area contributed by atoms with Crippen LogP contribution in [-0.2, 0) is 6.54 Å². The Balaban J connectivity index is 2.36. The molecule has 6 heteroatoms. The van der Waals surface area contributed by atoms with Crippen molar-refractivity contribution < 1.29 is 9.13 Å². The maximum atomic E-state index is 13.1. The smallest absolute Gasteiger partial charge is 0.313 e. The second-order valence-electron chi connectivity index (χ2n) is 4.02. The average molecular weight is 263 g/mol. The molecule has 19 heavy (non-hydrogen) atoms. The standard InChI is InChI=1S/C13H14FN3O2/c1-2-6-17-7-5-16-12(13(17)18)19-11-8-9(14)3-4-10(11)15/h3-5,7-8H,2,6,15H2,1H3. The summed E-state index contributed by atoms with van der Waals surface area (Å²) in [4.78, 5) is 15.9. The number of nitrogens with two attached hydrogens (primary N) is 1. The molecule has 2 rings (SSSR count). The summed E-state index contributed by atoms with van der Waals surface area (Å²) in [7, 11) is 0. The Bertz CT molecular complexity index is 640. The van der Waals surface area contributed by atoms with Gasteiger partial charge in [0.1, 0.15) is 5.82 Å². The van der Waals surface area contributed by atoms with E-state index in [0.29, 0.717) is 6.54 Å². The van der Waals surface area contributed by atoms with Crippen molar-refractivity contribution in [3.05, 3.63) is 46.8 Å². The molecule has 0 radical (unpaired) electrons. The second-order valence-corrected chi connectivity index (χ2v) is 4.02. The van der Waals surface area contributed by atoms with Crippen molar-refractivity contribution in [1.29, 1.82) is 0 Å². The highest BCUT2D eigenvalue weighted by atomic mass is 19.1. The maximum absolute atomic E-state index is 13.1. The molecule has 0 fully saturated rings. The summed E-state index contributed by atoms with van der Waals surface area (Å²) in [6.07, 6.45) is 3.85. The minimum atomic E-state index is -0.492. The Morgan fingerprint density at radius 3 is 3.00 bits per heavy atom. The Labute approximate surface area is 109 Å². The first kappa shape index (κ1) is 13.1. The molecule has 0 saturated heterocycles. The predicted octanol–water partition coefficient (Wildman–Crippen LogP) is 2.17. The molecule has 0 amide bonds. The molecule has 5 nitrogen and oxygen atoms in total. The highest BCUT2D eigenvalue weighted by molar-refractivity contribution is 5.53. The van der Waals surface area contributed by atoms with E-state index in [-0.39, 0.29) is 22.9 Å². The van der Waals surface area contributed by atoms with E-state index in [4.69, 9.17) is 10.5 Å². The third-order valence-electron chi connectivity index (χ3n) is 2.53. The van der Waals surface area contributed by atoms with Gasteiger partial charge < -0.3 is 15.0 Å². The lowest BCUT2D eigenvalue weighted by Crippen LogP contribution is -2.21. The third-order valence-corrected chi connectivity index (χ3v) is 2.53. The van der Waals surface area contributed by atoms with Gasteiger partial charge in [-0.3, -0.25) is 4.79 Å². The molecule has 2 N–H and O–H groups in total. The number of hydrogen-bond donors (Lipinski definition) is 1. The van der Waals surface area contributed by atoms with Crippen molar-refractivity contribution in [3.8, 4) is 11.6 Å². The predicted molar refractivity (Wildman–Crippen MR) is 69.7 cm³/mol. The zero-order valence-electron chi connectivity index (χ0n) is 10.5. The molecule has 0 aliphatic carbocycles. The van der Waals surface area contributed by atoms with E-state index in [2.05, 4.69) is 4.98 Å². The number of anilines is 1. The second kappa shape index (κ2) is 5.51. The fraction of sp³-hybridized carbons (Fsp3) is 0.231. The zero-order chi connectivity index (χ0) is 13.8. The van der Waals surface area contributed by atoms with Crippen LogP contribution in [0.4, 0.5) is 10.1 Å². The zero-order valence-corrected chi connectivity index (χ0v) is 10.5. The van der Waals surface area contributed by atoms with Gasteiger partial charge in [-0.1, -0.05) is 6.92 Å². The van der Waals surface area contributed by atoms with Gasteiger partial charge in [0, 0.05) is 25.0 Å². The molecule has 100 valence electrons. The number of nitrogen functional groups attached to an aromatic ring is 1. The summed E-state index contributed by atoms with van der Waals surface area (Å²) < 4.78 is 19.9. The molecule has 0 unspecified atom stereocenters. The molecular formula is C13H14FN3O2. The van der Waals surface area contributed by atoms with Crippen LogP contribution in [0.1, 0.15) is 13.3 Å². The highest BCUT2D eigenvalue weighted by Gasteiger charge is 2.10. The molecule has 0 aliphatic rings. The summed E-state index contributed by atoms with van der Waals surface area (Å²) in [5, 5.41) is 0. The van der Waals surface area contributed by atoms with Gasteiger partial charge in [-0.2, -0.15) is 0 Å². The van der Waals surface area contributed by atoms with Gasteiger partial charge in [0.15, 0.2) is 5.75 Å². The van der Waals surface area contributed by atoms with Crippen molar-refractivity contribution in [1.82, 2.24) is 9.55 Å². The van der Waals surface area contributed by atoms with Gasteiger partial charge in [-0.05, 0) is 18.6 Å². The van der Waals surface area contributed by atoms with E-state index in [9.17, 15) is 9.18 Å². The number of halogens is 1. The van der Waals surface area contributed by atoms with Crippen molar-refractivity contribution in [2.75, 3.05) is 5.73 Å². The molecule has 0 saturated carbocycles. The lowest BCUT2D eigenvalue weighted by molar-refractivity contribution is 0.442. The van der Waals surface area contributed by atoms with E-state index in [1.807, 2.05) is 6.92 Å². The molecule has 1 aromatic heterocycles. The minimum Gasteiger partial charge on any atom is -0.432 e. The lowest BCUT2D eigenvalue weighted by Gasteiger charge is -2.09. The normalized spacial score (nSPS) is 10.4. The topological polar surface area (TPSA) is 70.1 Å². The number of nitrogens with zero attached hydrogens (tertiary/aromatic N) is 2. The van der Waals surface area contributed by atoms with E-state index in [1.165, 1.54) is 22.9 Å². The van der Waals surface area contributed by atoms with E-state index in [1.54, 1.807) is 6.20 Å². The molecule has 1 aromatic carbocycles. The van der Waals surface area contributed by atoms with Gasteiger partial charge in [-0.25, -0.2) is 9.37 Å². The first-order chi connectivity index (χ1) is 9.11. The SMILES string of the molecule is CCCn1ccnc(Oc2cc(F)ccc2N)c1=O. The van der Waals surface area contributed by atoms with Crippen LogP contribution in [0.2, 0.25) is 0 Å². The summed E-state index contributed by atoms with van der Waals surface area (Å²) in [5.41, 5.74) is 5.53. The van der Waals surface area contributed by atoms with Crippen molar-refractivity contribution in [2.45, 2.75) is 19.9 Å². The first-order valence-electron chi connectivity index (χ1n) is 5.90. The molecular weight excluding hydrogens is 249 g/mol. The minimum absolute atomic E-state index is 0.0823. The van der Waals surface area contributed by atoms with Crippen LogP contribution in [0.15, 0.2) is 35.4 Å². The summed E-state index contributed by atoms with van der Waals surface area (Å²) in [6.45, 7) is 2.52. The number of ether oxygens (including phenoxy) is 1. The van der Waals surface area contributed by atoms with Crippen molar-refractivity contribution in [2.24, 2.45) is 0 Å². The summed E-state index contributed by atoms with van der Waals surface area (Å²) in [6, 6.07) is 3.71. The number of benzene rings is 1. The van der Waals surface area contributed by atoms with Crippen LogP contribution in [0.5, 0.6) is 11.6 Å². The van der Waals surface area contributed by atoms with Gasteiger partial charge in [0.2, 0.25) is 0 Å². The first-order valence-corrected chi connectivity index (χ1v) is 5.90. The summed E-state index contributed by atoms with van der Waals surface area (Å²) in [5.74, 6) is -0.527. The fourth-order valence-electron chi connectivity index (χ4n) is 1.62. The quantitative estimate of drug-likeness (QED) is 0.858.